The summed E-state index contributed by atoms with van der Waals surface area (Å²) in [6, 6.07) is 17.4. The number of hydrogen-bond donors (Lipinski definition) is 2. The minimum absolute atomic E-state index is 0.636. The van der Waals surface area contributed by atoms with E-state index in [-0.39, 0.29) is 0 Å². The van der Waals surface area contributed by atoms with Crippen molar-refractivity contribution in [2.24, 2.45) is 0 Å². The number of aliphatic carboxylic acids is 2. The van der Waals surface area contributed by atoms with Crippen LogP contribution in [-0.2, 0) is 29.2 Å². The highest BCUT2D eigenvalue weighted by molar-refractivity contribution is 6.27. The topological polar surface area (TPSA) is 87.1 Å². The first kappa shape index (κ1) is 23.4. The number of aryl methyl sites for hydroxylation is 1. The van der Waals surface area contributed by atoms with Gasteiger partial charge in [0.2, 0.25) is 0 Å². The smallest absolute Gasteiger partial charge is 0.414 e. The van der Waals surface area contributed by atoms with E-state index in [0.717, 1.165) is 18.7 Å². The van der Waals surface area contributed by atoms with Crippen molar-refractivity contribution in [2.45, 2.75) is 52.2 Å². The zero-order valence-corrected chi connectivity index (χ0v) is 17.5. The van der Waals surface area contributed by atoms with Crippen molar-refractivity contribution in [3.05, 3.63) is 65.2 Å². The number of carboxylic acid groups (broad SMARTS) is 2. The standard InChI is InChI=1S/C22H29NO.C2H2O4/c1-2-6-19-11-13-22(14-12-19)24-18-21-9-7-20(8-10-21)17-23-15-4-3-5-16-23;3-1(4)2(5)6/h7-14H,2-6,15-18H2,1H3;(H,3,4)(H,5,6). The molecule has 2 N–H and O–H groups in total. The molecule has 6 heteroatoms. The van der Waals surface area contributed by atoms with Crippen molar-refractivity contribution < 1.29 is 24.5 Å². The van der Waals surface area contributed by atoms with Gasteiger partial charge in [-0.1, -0.05) is 56.2 Å². The van der Waals surface area contributed by atoms with Gasteiger partial charge < -0.3 is 14.9 Å². The van der Waals surface area contributed by atoms with Gasteiger partial charge in [0.25, 0.3) is 0 Å². The molecule has 162 valence electrons. The van der Waals surface area contributed by atoms with E-state index in [4.69, 9.17) is 24.5 Å². The first-order valence-corrected chi connectivity index (χ1v) is 10.5. The second-order valence-corrected chi connectivity index (χ2v) is 7.45. The number of carboxylic acids is 2. The van der Waals surface area contributed by atoms with Crippen LogP contribution >= 0.6 is 0 Å². The van der Waals surface area contributed by atoms with E-state index in [0.29, 0.717) is 6.61 Å². The molecule has 0 aliphatic carbocycles. The maximum atomic E-state index is 9.10. The first-order chi connectivity index (χ1) is 14.5. The highest BCUT2D eigenvalue weighted by atomic mass is 16.5. The molecule has 0 unspecified atom stereocenters. The van der Waals surface area contributed by atoms with Crippen LogP contribution in [0.2, 0.25) is 0 Å². The molecule has 2 aromatic carbocycles. The predicted octanol–water partition coefficient (Wildman–Crippen LogP) is 4.36. The van der Waals surface area contributed by atoms with Crippen LogP contribution in [0.5, 0.6) is 5.75 Å². The lowest BCUT2D eigenvalue weighted by Crippen LogP contribution is -2.29. The minimum atomic E-state index is -1.82. The molecule has 0 radical (unpaired) electrons. The molecule has 6 nitrogen and oxygen atoms in total. The van der Waals surface area contributed by atoms with Crippen molar-refractivity contribution in [3.8, 4) is 5.75 Å². The van der Waals surface area contributed by atoms with E-state index in [9.17, 15) is 0 Å². The number of nitrogens with zero attached hydrogens (tertiary/aromatic N) is 1. The third-order valence-corrected chi connectivity index (χ3v) is 4.93. The Kier molecular flexibility index (Phi) is 9.87. The fourth-order valence-corrected chi connectivity index (χ4v) is 3.32. The molecule has 0 amide bonds. The summed E-state index contributed by atoms with van der Waals surface area (Å²) >= 11 is 0. The fourth-order valence-electron chi connectivity index (χ4n) is 3.32. The summed E-state index contributed by atoms with van der Waals surface area (Å²) < 4.78 is 5.90. The molecule has 1 aliphatic rings. The van der Waals surface area contributed by atoms with Crippen molar-refractivity contribution in [3.63, 3.8) is 0 Å². The Hall–Kier alpha value is -2.86. The number of carbonyl (C=O) groups is 2. The summed E-state index contributed by atoms with van der Waals surface area (Å²) in [7, 11) is 0. The Balaban J connectivity index is 0.000000469. The van der Waals surface area contributed by atoms with Crippen LogP contribution in [0.3, 0.4) is 0 Å². The monoisotopic (exact) mass is 413 g/mol. The molecule has 3 rings (SSSR count). The Morgan fingerprint density at radius 2 is 1.37 bits per heavy atom. The molecule has 30 heavy (non-hydrogen) atoms. The number of hydrogen-bond acceptors (Lipinski definition) is 4. The van der Waals surface area contributed by atoms with Crippen LogP contribution in [0.25, 0.3) is 0 Å². The van der Waals surface area contributed by atoms with Gasteiger partial charge in [0.15, 0.2) is 0 Å². The summed E-state index contributed by atoms with van der Waals surface area (Å²) in [5, 5.41) is 14.8. The number of benzene rings is 2. The summed E-state index contributed by atoms with van der Waals surface area (Å²) in [4.78, 5) is 20.8. The van der Waals surface area contributed by atoms with Crippen molar-refractivity contribution >= 4 is 11.9 Å². The van der Waals surface area contributed by atoms with Gasteiger partial charge in [0, 0.05) is 6.54 Å². The summed E-state index contributed by atoms with van der Waals surface area (Å²) in [6.45, 7) is 6.42. The molecule has 0 aromatic heterocycles. The second-order valence-electron chi connectivity index (χ2n) is 7.45. The second kappa shape index (κ2) is 12.6. The van der Waals surface area contributed by atoms with Crippen LogP contribution in [0.4, 0.5) is 0 Å². The molecule has 1 heterocycles. The van der Waals surface area contributed by atoms with Crippen molar-refractivity contribution in [1.29, 1.82) is 0 Å². The number of rotatable bonds is 7. The molecular formula is C24H31NO5. The minimum Gasteiger partial charge on any atom is -0.489 e. The Morgan fingerprint density at radius 3 is 1.90 bits per heavy atom. The normalized spacial score (nSPS) is 13.8. The van der Waals surface area contributed by atoms with Gasteiger partial charge >= 0.3 is 11.9 Å². The highest BCUT2D eigenvalue weighted by Gasteiger charge is 2.10. The molecule has 0 atom stereocenters. The number of ether oxygens (including phenoxy) is 1. The Morgan fingerprint density at radius 1 is 0.833 bits per heavy atom. The zero-order valence-electron chi connectivity index (χ0n) is 17.5. The molecule has 2 aromatic rings. The number of piperidine rings is 1. The summed E-state index contributed by atoms with van der Waals surface area (Å²) in [5.41, 5.74) is 4.02. The van der Waals surface area contributed by atoms with Gasteiger partial charge in [-0.05, 0) is 61.2 Å². The summed E-state index contributed by atoms with van der Waals surface area (Å²) in [6.07, 6.45) is 6.42. The van der Waals surface area contributed by atoms with E-state index in [1.54, 1.807) is 0 Å². The average Bonchev–Trinajstić information content (AvgIpc) is 2.76. The predicted molar refractivity (Wildman–Crippen MR) is 116 cm³/mol. The van der Waals surface area contributed by atoms with E-state index in [1.807, 2.05) is 0 Å². The molecule has 1 aliphatic heterocycles. The quantitative estimate of drug-likeness (QED) is 0.656. The van der Waals surface area contributed by atoms with E-state index < -0.39 is 11.9 Å². The van der Waals surface area contributed by atoms with Gasteiger partial charge in [-0.3, -0.25) is 4.90 Å². The van der Waals surface area contributed by atoms with E-state index >= 15 is 0 Å². The fraction of sp³-hybridized carbons (Fsp3) is 0.417. The van der Waals surface area contributed by atoms with Crippen molar-refractivity contribution in [1.82, 2.24) is 4.90 Å². The zero-order chi connectivity index (χ0) is 21.8. The Bertz CT molecular complexity index is 768. The van der Waals surface area contributed by atoms with Crippen LogP contribution in [0.15, 0.2) is 48.5 Å². The summed E-state index contributed by atoms with van der Waals surface area (Å²) in [5.74, 6) is -2.70. The molecule has 1 fully saturated rings. The van der Waals surface area contributed by atoms with Crippen molar-refractivity contribution in [2.75, 3.05) is 13.1 Å². The van der Waals surface area contributed by atoms with E-state index in [2.05, 4.69) is 60.4 Å². The van der Waals surface area contributed by atoms with Crippen LogP contribution < -0.4 is 4.74 Å². The van der Waals surface area contributed by atoms with Crippen LogP contribution in [0, 0.1) is 0 Å². The lowest BCUT2D eigenvalue weighted by molar-refractivity contribution is -0.159. The third kappa shape index (κ3) is 8.66. The van der Waals surface area contributed by atoms with Gasteiger partial charge in [0.1, 0.15) is 12.4 Å². The lowest BCUT2D eigenvalue weighted by atomic mass is 10.1. The molecule has 0 bridgehead atoms. The van der Waals surface area contributed by atoms with Gasteiger partial charge in [-0.15, -0.1) is 0 Å². The largest absolute Gasteiger partial charge is 0.489 e. The van der Waals surface area contributed by atoms with Crippen LogP contribution in [0.1, 0.15) is 49.3 Å². The first-order valence-electron chi connectivity index (χ1n) is 10.5. The maximum Gasteiger partial charge on any atom is 0.414 e. The van der Waals surface area contributed by atoms with Crippen LogP contribution in [-0.4, -0.2) is 40.1 Å². The number of likely N-dealkylation sites (tertiary alicyclic amines) is 1. The molecule has 0 saturated carbocycles. The van der Waals surface area contributed by atoms with E-state index in [1.165, 1.54) is 55.5 Å². The molecular weight excluding hydrogens is 382 g/mol. The molecule has 1 saturated heterocycles. The van der Waals surface area contributed by atoms with Gasteiger partial charge in [-0.25, -0.2) is 9.59 Å². The third-order valence-electron chi connectivity index (χ3n) is 4.93. The average molecular weight is 414 g/mol. The van der Waals surface area contributed by atoms with Gasteiger partial charge in [-0.2, -0.15) is 0 Å². The maximum absolute atomic E-state index is 9.10. The Labute approximate surface area is 178 Å². The van der Waals surface area contributed by atoms with Gasteiger partial charge in [0.05, 0.1) is 0 Å². The SMILES string of the molecule is CCCc1ccc(OCc2ccc(CN3CCCCC3)cc2)cc1.O=C(O)C(=O)O. The lowest BCUT2D eigenvalue weighted by Gasteiger charge is -2.26. The highest BCUT2D eigenvalue weighted by Crippen LogP contribution is 2.17. The molecule has 0 spiro atoms.